The van der Waals surface area contributed by atoms with Crippen LogP contribution in [0, 0.1) is 10.1 Å². The Bertz CT molecular complexity index is 1280. The number of fused-ring (bicyclic) bond motifs is 2. The molecule has 0 fully saturated rings. The number of amides is 1. The van der Waals surface area contributed by atoms with E-state index >= 15 is 0 Å². The van der Waals surface area contributed by atoms with E-state index in [1.807, 2.05) is 28.8 Å². The quantitative estimate of drug-likeness (QED) is 0.373. The first-order valence-corrected chi connectivity index (χ1v) is 9.45. The molecule has 5 rings (SSSR count). The van der Waals surface area contributed by atoms with Gasteiger partial charge >= 0.3 is 0 Å². The molecule has 0 saturated carbocycles. The summed E-state index contributed by atoms with van der Waals surface area (Å²) in [5.41, 5.74) is 4.12. The fourth-order valence-corrected chi connectivity index (χ4v) is 3.76. The fourth-order valence-electron chi connectivity index (χ4n) is 3.76. The monoisotopic (exact) mass is 403 g/mol. The molecule has 30 heavy (non-hydrogen) atoms. The molecule has 2 aromatic heterocycles. The second-order valence-corrected chi connectivity index (χ2v) is 7.13. The minimum absolute atomic E-state index is 0.0137. The van der Waals surface area contributed by atoms with Crippen molar-refractivity contribution in [3.05, 3.63) is 76.4 Å². The SMILES string of the molecule is O=C(Cn1cc(Cn2cnc3ccccc32)nn1)N1CCc2ccc([N+](=O)[O-])cc21. The molecule has 0 radical (unpaired) electrons. The predicted octanol–water partition coefficient (Wildman–Crippen LogP) is 2.17. The van der Waals surface area contributed by atoms with Gasteiger partial charge in [-0.2, -0.15) is 0 Å². The number of para-hydroxylation sites is 2. The standard InChI is InChI=1S/C20H17N7O3/c28-20(26-8-7-14-5-6-16(27(29)30)9-19(14)26)12-25-11-15(22-23-25)10-24-13-21-17-3-1-2-4-18(17)24/h1-6,9,11,13H,7-8,10,12H2. The minimum atomic E-state index is -0.454. The number of carbonyl (C=O) groups is 1. The average Bonchev–Trinajstić information content (AvgIpc) is 3.46. The lowest BCUT2D eigenvalue weighted by molar-refractivity contribution is -0.384. The number of aromatic nitrogens is 5. The van der Waals surface area contributed by atoms with Gasteiger partial charge < -0.3 is 9.47 Å². The number of carbonyl (C=O) groups excluding carboxylic acids is 1. The number of non-ortho nitro benzene ring substituents is 1. The summed E-state index contributed by atoms with van der Waals surface area (Å²) in [5.74, 6) is -0.182. The highest BCUT2D eigenvalue weighted by Crippen LogP contribution is 2.31. The molecule has 4 aromatic rings. The summed E-state index contributed by atoms with van der Waals surface area (Å²) in [5, 5.41) is 19.3. The maximum atomic E-state index is 12.8. The van der Waals surface area contributed by atoms with E-state index in [4.69, 9.17) is 0 Å². The van der Waals surface area contributed by atoms with Crippen molar-refractivity contribution < 1.29 is 9.72 Å². The number of nitro groups is 1. The van der Waals surface area contributed by atoms with Crippen LogP contribution >= 0.6 is 0 Å². The summed E-state index contributed by atoms with van der Waals surface area (Å²) < 4.78 is 3.47. The van der Waals surface area contributed by atoms with Crippen LogP contribution in [-0.4, -0.2) is 41.9 Å². The van der Waals surface area contributed by atoms with E-state index in [0.717, 1.165) is 16.6 Å². The third-order valence-electron chi connectivity index (χ3n) is 5.22. The topological polar surface area (TPSA) is 112 Å². The molecule has 3 heterocycles. The van der Waals surface area contributed by atoms with E-state index in [-0.39, 0.29) is 18.1 Å². The van der Waals surface area contributed by atoms with Gasteiger partial charge in [0.2, 0.25) is 5.91 Å². The summed E-state index contributed by atoms with van der Waals surface area (Å²) in [6.07, 6.45) is 4.16. The molecule has 0 bridgehead atoms. The Balaban J connectivity index is 1.31. The number of rotatable bonds is 5. The second kappa shape index (κ2) is 7.07. The maximum absolute atomic E-state index is 12.8. The molecule has 1 aliphatic rings. The van der Waals surface area contributed by atoms with Crippen LogP contribution in [0.3, 0.4) is 0 Å². The van der Waals surface area contributed by atoms with E-state index in [1.54, 1.807) is 23.5 Å². The van der Waals surface area contributed by atoms with Gasteiger partial charge in [-0.05, 0) is 24.1 Å². The van der Waals surface area contributed by atoms with Crippen molar-refractivity contribution in [3.63, 3.8) is 0 Å². The smallest absolute Gasteiger partial charge is 0.271 e. The summed E-state index contributed by atoms with van der Waals surface area (Å²) in [4.78, 5) is 29.4. The first-order chi connectivity index (χ1) is 14.6. The van der Waals surface area contributed by atoms with Crippen LogP contribution in [0.25, 0.3) is 11.0 Å². The largest absolute Gasteiger partial charge is 0.324 e. The molecule has 0 unspecified atom stereocenters. The van der Waals surface area contributed by atoms with Crippen molar-refractivity contribution in [3.8, 4) is 0 Å². The third-order valence-corrected chi connectivity index (χ3v) is 5.22. The molecule has 0 atom stereocenters. The molecule has 2 aromatic carbocycles. The highest BCUT2D eigenvalue weighted by molar-refractivity contribution is 5.95. The fraction of sp³-hybridized carbons (Fsp3) is 0.200. The van der Waals surface area contributed by atoms with Crippen LogP contribution in [0.5, 0.6) is 0 Å². The number of benzene rings is 2. The van der Waals surface area contributed by atoms with Crippen LogP contribution in [0.4, 0.5) is 11.4 Å². The Kier molecular flexibility index (Phi) is 4.24. The van der Waals surface area contributed by atoms with Gasteiger partial charge in [-0.3, -0.25) is 14.9 Å². The zero-order valence-corrected chi connectivity index (χ0v) is 15.9. The summed E-state index contributed by atoms with van der Waals surface area (Å²) in [6.45, 7) is 1.01. The molecular weight excluding hydrogens is 386 g/mol. The van der Waals surface area contributed by atoms with Crippen molar-refractivity contribution >= 4 is 28.3 Å². The molecular formula is C20H17N7O3. The van der Waals surface area contributed by atoms with Gasteiger partial charge in [-0.25, -0.2) is 9.67 Å². The van der Waals surface area contributed by atoms with Crippen LogP contribution < -0.4 is 4.90 Å². The molecule has 0 spiro atoms. The molecule has 0 N–H and O–H groups in total. The number of hydrogen-bond acceptors (Lipinski definition) is 6. The zero-order chi connectivity index (χ0) is 20.7. The van der Waals surface area contributed by atoms with Crippen molar-refractivity contribution in [1.29, 1.82) is 0 Å². The predicted molar refractivity (Wildman–Crippen MR) is 108 cm³/mol. The zero-order valence-electron chi connectivity index (χ0n) is 15.9. The van der Waals surface area contributed by atoms with Crippen LogP contribution in [0.2, 0.25) is 0 Å². The lowest BCUT2D eigenvalue weighted by Gasteiger charge is -2.16. The van der Waals surface area contributed by atoms with Gasteiger partial charge in [-0.15, -0.1) is 5.10 Å². The van der Waals surface area contributed by atoms with E-state index in [1.165, 1.54) is 16.8 Å². The van der Waals surface area contributed by atoms with Gasteiger partial charge in [0.15, 0.2) is 0 Å². The maximum Gasteiger partial charge on any atom is 0.271 e. The molecule has 0 aliphatic carbocycles. The van der Waals surface area contributed by atoms with Crippen molar-refractivity contribution in [1.82, 2.24) is 24.5 Å². The third kappa shape index (κ3) is 3.17. The van der Waals surface area contributed by atoms with Gasteiger partial charge in [-0.1, -0.05) is 23.4 Å². The lowest BCUT2D eigenvalue weighted by atomic mass is 10.1. The van der Waals surface area contributed by atoms with Gasteiger partial charge in [0.1, 0.15) is 12.2 Å². The molecule has 10 nitrogen and oxygen atoms in total. The Hall–Kier alpha value is -4.08. The Morgan fingerprint density at radius 1 is 1.20 bits per heavy atom. The van der Waals surface area contributed by atoms with Crippen LogP contribution in [0.15, 0.2) is 55.0 Å². The normalized spacial score (nSPS) is 13.0. The van der Waals surface area contributed by atoms with Crippen LogP contribution in [0.1, 0.15) is 11.3 Å². The number of nitro benzene ring substituents is 1. The van der Waals surface area contributed by atoms with Gasteiger partial charge in [0, 0.05) is 18.7 Å². The molecule has 1 amide bonds. The first kappa shape index (κ1) is 18.0. The van der Waals surface area contributed by atoms with Gasteiger partial charge in [0.25, 0.3) is 5.69 Å². The minimum Gasteiger partial charge on any atom is -0.324 e. The van der Waals surface area contributed by atoms with Gasteiger partial charge in [0.05, 0.1) is 40.7 Å². The Morgan fingerprint density at radius 2 is 2.07 bits per heavy atom. The summed E-state index contributed by atoms with van der Waals surface area (Å²) in [7, 11) is 0. The van der Waals surface area contributed by atoms with E-state index in [0.29, 0.717) is 30.9 Å². The summed E-state index contributed by atoms with van der Waals surface area (Å²) >= 11 is 0. The van der Waals surface area contributed by atoms with Crippen molar-refractivity contribution in [2.24, 2.45) is 0 Å². The molecule has 1 aliphatic heterocycles. The number of nitrogens with zero attached hydrogens (tertiary/aromatic N) is 7. The van der Waals surface area contributed by atoms with E-state index in [9.17, 15) is 14.9 Å². The highest BCUT2D eigenvalue weighted by Gasteiger charge is 2.27. The number of anilines is 1. The Labute approximate surface area is 170 Å². The molecule has 0 saturated heterocycles. The number of imidazole rings is 1. The molecule has 150 valence electrons. The van der Waals surface area contributed by atoms with Crippen molar-refractivity contribution in [2.75, 3.05) is 11.4 Å². The first-order valence-electron chi connectivity index (χ1n) is 9.45. The molecule has 10 heteroatoms. The van der Waals surface area contributed by atoms with E-state index < -0.39 is 4.92 Å². The average molecular weight is 403 g/mol. The van der Waals surface area contributed by atoms with Crippen molar-refractivity contribution in [2.45, 2.75) is 19.5 Å². The number of hydrogen-bond donors (Lipinski definition) is 0. The Morgan fingerprint density at radius 3 is 2.93 bits per heavy atom. The summed E-state index contributed by atoms with van der Waals surface area (Å²) in [6, 6.07) is 12.5. The second-order valence-electron chi connectivity index (χ2n) is 7.13. The highest BCUT2D eigenvalue weighted by atomic mass is 16.6. The van der Waals surface area contributed by atoms with E-state index in [2.05, 4.69) is 15.3 Å². The van der Waals surface area contributed by atoms with Crippen LogP contribution in [-0.2, 0) is 24.3 Å². The lowest BCUT2D eigenvalue weighted by Crippen LogP contribution is -2.32.